The number of benzene rings is 1. The van der Waals surface area contributed by atoms with Crippen molar-refractivity contribution in [1.82, 2.24) is 14.7 Å². The molecule has 0 aliphatic carbocycles. The van der Waals surface area contributed by atoms with Crippen LogP contribution in [-0.4, -0.2) is 95.9 Å². The number of fused-ring (bicyclic) bond motifs is 1. The summed E-state index contributed by atoms with van der Waals surface area (Å²) < 4.78 is 6.05. The van der Waals surface area contributed by atoms with Gasteiger partial charge in [0.05, 0.1) is 43.9 Å². The molecule has 0 spiro atoms. The summed E-state index contributed by atoms with van der Waals surface area (Å²) in [5.41, 5.74) is 3.59. The van der Waals surface area contributed by atoms with Crippen LogP contribution in [0.2, 0.25) is 0 Å². The number of likely N-dealkylation sites (tertiary alicyclic amines) is 1. The molecule has 6 heteroatoms. The van der Waals surface area contributed by atoms with E-state index < -0.39 is 0 Å². The van der Waals surface area contributed by atoms with Crippen LogP contribution >= 0.6 is 0 Å². The van der Waals surface area contributed by atoms with Crippen molar-refractivity contribution < 1.29 is 14.6 Å². The molecule has 3 fully saturated rings. The summed E-state index contributed by atoms with van der Waals surface area (Å²) in [5.74, 6) is 0.219. The van der Waals surface area contributed by atoms with Gasteiger partial charge in [0.25, 0.3) is 0 Å². The Hall–Kier alpha value is -1.47. The Labute approximate surface area is 180 Å². The van der Waals surface area contributed by atoms with E-state index in [0.717, 1.165) is 31.7 Å². The third-order valence-corrected chi connectivity index (χ3v) is 7.18. The lowest BCUT2D eigenvalue weighted by Crippen LogP contribution is -2.72. The molecule has 1 aromatic carbocycles. The summed E-state index contributed by atoms with van der Waals surface area (Å²) in [5, 5.41) is 10.0. The lowest BCUT2D eigenvalue weighted by Gasteiger charge is -2.54. The summed E-state index contributed by atoms with van der Waals surface area (Å²) in [6, 6.07) is 6.87. The van der Waals surface area contributed by atoms with Crippen LogP contribution in [0.3, 0.4) is 0 Å². The maximum Gasteiger partial charge on any atom is 0.227 e. The standard InChI is InChI=1S/C24H37N3O3/c1-17-6-7-20(12-18(17)2)13-23(29)27-11-10-26(14-19(3)28)22-16-30-15-21(24(22)27)25-8-4-5-9-25/h6-7,12,19,21-22,24,28H,4-5,8-11,13-16H2,1-3H3/t19?,21-,22?,24?/m0/s1. The molecular weight excluding hydrogens is 378 g/mol. The molecule has 0 aromatic heterocycles. The van der Waals surface area contributed by atoms with Gasteiger partial charge in [-0.2, -0.15) is 0 Å². The van der Waals surface area contributed by atoms with Gasteiger partial charge in [-0.3, -0.25) is 14.6 Å². The second kappa shape index (κ2) is 9.35. The van der Waals surface area contributed by atoms with Crippen molar-refractivity contribution in [2.24, 2.45) is 0 Å². The number of aliphatic hydroxyl groups excluding tert-OH is 1. The van der Waals surface area contributed by atoms with E-state index in [2.05, 4.69) is 46.7 Å². The fourth-order valence-electron chi connectivity index (χ4n) is 5.49. The summed E-state index contributed by atoms with van der Waals surface area (Å²) in [4.78, 5) is 20.5. The number of hydrogen-bond acceptors (Lipinski definition) is 5. The topological polar surface area (TPSA) is 56.3 Å². The van der Waals surface area contributed by atoms with E-state index in [0.29, 0.717) is 26.2 Å². The molecule has 1 N–H and O–H groups in total. The normalized spacial score (nSPS) is 29.1. The van der Waals surface area contributed by atoms with Gasteiger partial charge in [0.15, 0.2) is 0 Å². The number of hydrogen-bond donors (Lipinski definition) is 1. The Bertz CT molecular complexity index is 747. The van der Waals surface area contributed by atoms with E-state index in [-0.39, 0.29) is 30.1 Å². The molecule has 3 aliphatic heterocycles. The lowest BCUT2D eigenvalue weighted by molar-refractivity contribution is -0.153. The quantitative estimate of drug-likeness (QED) is 0.792. The van der Waals surface area contributed by atoms with Gasteiger partial charge in [-0.05, 0) is 63.4 Å². The van der Waals surface area contributed by atoms with Crippen LogP contribution in [0.25, 0.3) is 0 Å². The third-order valence-electron chi connectivity index (χ3n) is 7.18. The molecular formula is C24H37N3O3. The maximum absolute atomic E-state index is 13.5. The van der Waals surface area contributed by atoms with Crippen LogP contribution in [0.4, 0.5) is 0 Å². The molecule has 1 aromatic rings. The predicted octanol–water partition coefficient (Wildman–Crippen LogP) is 1.60. The van der Waals surface area contributed by atoms with Gasteiger partial charge in [0.2, 0.25) is 5.91 Å². The highest BCUT2D eigenvalue weighted by molar-refractivity contribution is 5.79. The molecule has 3 saturated heterocycles. The minimum Gasteiger partial charge on any atom is -0.392 e. The summed E-state index contributed by atoms with van der Waals surface area (Å²) in [6.45, 7) is 11.7. The van der Waals surface area contributed by atoms with E-state index in [4.69, 9.17) is 4.74 Å². The number of nitrogens with zero attached hydrogens (tertiary/aromatic N) is 3. The highest BCUT2D eigenvalue weighted by Crippen LogP contribution is 2.30. The number of amides is 1. The zero-order chi connectivity index (χ0) is 21.3. The Morgan fingerprint density at radius 1 is 1.10 bits per heavy atom. The van der Waals surface area contributed by atoms with Crippen molar-refractivity contribution in [3.8, 4) is 0 Å². The minimum absolute atomic E-state index is 0.128. The second-order valence-electron chi connectivity index (χ2n) is 9.43. The van der Waals surface area contributed by atoms with E-state index in [1.165, 1.54) is 24.0 Å². The van der Waals surface area contributed by atoms with E-state index in [1.807, 2.05) is 6.92 Å². The highest BCUT2D eigenvalue weighted by Gasteiger charge is 2.47. The number of rotatable bonds is 5. The molecule has 3 aliphatic rings. The minimum atomic E-state index is -0.379. The molecule has 4 atom stereocenters. The largest absolute Gasteiger partial charge is 0.392 e. The Balaban J connectivity index is 1.57. The van der Waals surface area contributed by atoms with Crippen LogP contribution in [0.5, 0.6) is 0 Å². The van der Waals surface area contributed by atoms with Crippen molar-refractivity contribution >= 4 is 5.91 Å². The number of aryl methyl sites for hydroxylation is 2. The first-order valence-corrected chi connectivity index (χ1v) is 11.5. The summed E-state index contributed by atoms with van der Waals surface area (Å²) in [6.07, 6.45) is 2.52. The van der Waals surface area contributed by atoms with Crippen molar-refractivity contribution in [1.29, 1.82) is 0 Å². The molecule has 0 saturated carbocycles. The van der Waals surface area contributed by atoms with E-state index in [1.54, 1.807) is 0 Å². The van der Waals surface area contributed by atoms with Crippen molar-refractivity contribution in [3.05, 3.63) is 34.9 Å². The smallest absolute Gasteiger partial charge is 0.227 e. The number of carbonyl (C=O) groups is 1. The van der Waals surface area contributed by atoms with Gasteiger partial charge < -0.3 is 14.7 Å². The first kappa shape index (κ1) is 21.8. The van der Waals surface area contributed by atoms with Gasteiger partial charge in [-0.15, -0.1) is 0 Å². The number of piperazine rings is 1. The molecule has 4 rings (SSSR count). The van der Waals surface area contributed by atoms with Crippen molar-refractivity contribution in [2.75, 3.05) is 45.9 Å². The summed E-state index contributed by atoms with van der Waals surface area (Å²) in [7, 11) is 0. The third kappa shape index (κ3) is 4.57. The summed E-state index contributed by atoms with van der Waals surface area (Å²) >= 11 is 0. The molecule has 3 heterocycles. The fraction of sp³-hybridized carbons (Fsp3) is 0.708. The van der Waals surface area contributed by atoms with Crippen LogP contribution in [0.15, 0.2) is 18.2 Å². The zero-order valence-corrected chi connectivity index (χ0v) is 18.7. The number of aliphatic hydroxyl groups is 1. The maximum atomic E-state index is 13.5. The van der Waals surface area contributed by atoms with Crippen LogP contribution in [-0.2, 0) is 16.0 Å². The molecule has 3 unspecified atom stereocenters. The second-order valence-corrected chi connectivity index (χ2v) is 9.43. The van der Waals surface area contributed by atoms with Gasteiger partial charge in [-0.25, -0.2) is 0 Å². The van der Waals surface area contributed by atoms with Gasteiger partial charge in [0.1, 0.15) is 0 Å². The fourth-order valence-corrected chi connectivity index (χ4v) is 5.49. The van der Waals surface area contributed by atoms with Crippen molar-refractivity contribution in [2.45, 2.75) is 64.3 Å². The number of carbonyl (C=O) groups excluding carboxylic acids is 1. The first-order valence-electron chi connectivity index (χ1n) is 11.5. The van der Waals surface area contributed by atoms with Crippen LogP contribution in [0, 0.1) is 13.8 Å². The van der Waals surface area contributed by atoms with Crippen LogP contribution in [0.1, 0.15) is 36.5 Å². The average Bonchev–Trinajstić information content (AvgIpc) is 3.25. The molecule has 0 bridgehead atoms. The van der Waals surface area contributed by atoms with E-state index >= 15 is 0 Å². The molecule has 0 radical (unpaired) electrons. The number of β-amino-alcohol motifs (C(OH)–C–C–N with tert-alkyl or cyclic N) is 1. The lowest BCUT2D eigenvalue weighted by atomic mass is 9.90. The predicted molar refractivity (Wildman–Crippen MR) is 118 cm³/mol. The highest BCUT2D eigenvalue weighted by atomic mass is 16.5. The van der Waals surface area contributed by atoms with Crippen molar-refractivity contribution in [3.63, 3.8) is 0 Å². The van der Waals surface area contributed by atoms with Gasteiger partial charge in [0, 0.05) is 19.6 Å². The molecule has 30 heavy (non-hydrogen) atoms. The Morgan fingerprint density at radius 2 is 1.83 bits per heavy atom. The molecule has 1 amide bonds. The molecule has 166 valence electrons. The molecule has 6 nitrogen and oxygen atoms in total. The van der Waals surface area contributed by atoms with Gasteiger partial charge >= 0.3 is 0 Å². The first-order chi connectivity index (χ1) is 14.4. The Morgan fingerprint density at radius 3 is 2.53 bits per heavy atom. The average molecular weight is 416 g/mol. The Kier molecular flexibility index (Phi) is 6.78. The van der Waals surface area contributed by atoms with E-state index in [9.17, 15) is 9.90 Å². The monoisotopic (exact) mass is 415 g/mol. The number of ether oxygens (including phenoxy) is 1. The van der Waals surface area contributed by atoms with Gasteiger partial charge in [-0.1, -0.05) is 18.2 Å². The zero-order valence-electron chi connectivity index (χ0n) is 18.7. The van der Waals surface area contributed by atoms with Crippen LogP contribution < -0.4 is 0 Å². The SMILES string of the molecule is Cc1ccc(CC(=O)N2CCN(CC(C)O)C3COC[C@H](N4CCCC4)C32)cc1C.